The molecular weight excluding hydrogens is 268 g/mol. The van der Waals surface area contributed by atoms with Crippen LogP contribution in [0.2, 0.25) is 0 Å². The molecule has 106 valence electrons. The second-order valence-electron chi connectivity index (χ2n) is 5.06. The van der Waals surface area contributed by atoms with Crippen molar-refractivity contribution >= 4 is 15.8 Å². The highest BCUT2D eigenvalue weighted by Gasteiger charge is 2.30. The minimum Gasteiger partial charge on any atom is -0.495 e. The van der Waals surface area contributed by atoms with Gasteiger partial charge in [-0.2, -0.15) is 0 Å². The van der Waals surface area contributed by atoms with E-state index in [2.05, 4.69) is 0 Å². The highest BCUT2D eigenvalue weighted by molar-refractivity contribution is 7.90. The maximum atomic E-state index is 11.7. The fourth-order valence-corrected chi connectivity index (χ4v) is 2.88. The third-order valence-electron chi connectivity index (χ3n) is 2.90. The van der Waals surface area contributed by atoms with E-state index < -0.39 is 21.2 Å². The van der Waals surface area contributed by atoms with Crippen LogP contribution in [0.4, 0.5) is 0 Å². The summed E-state index contributed by atoms with van der Waals surface area (Å²) >= 11 is 0. The van der Waals surface area contributed by atoms with Gasteiger partial charge in [-0.15, -0.1) is 0 Å². The van der Waals surface area contributed by atoms with Gasteiger partial charge in [-0.25, -0.2) is 8.42 Å². The number of aliphatic carboxylic acids is 1. The van der Waals surface area contributed by atoms with Gasteiger partial charge in [0.2, 0.25) is 0 Å². The number of hydrogen-bond acceptors (Lipinski definition) is 4. The summed E-state index contributed by atoms with van der Waals surface area (Å²) in [5.74, 6) is -0.729. The molecule has 0 aromatic heterocycles. The first-order valence-electron chi connectivity index (χ1n) is 5.69. The summed E-state index contributed by atoms with van der Waals surface area (Å²) in [6.07, 6.45) is 0.982. The Labute approximate surface area is 113 Å². The van der Waals surface area contributed by atoms with Gasteiger partial charge in [-0.05, 0) is 6.07 Å². The Balaban J connectivity index is 3.49. The van der Waals surface area contributed by atoms with Gasteiger partial charge in [0.25, 0.3) is 0 Å². The number of carbonyl (C=O) groups is 1. The number of hydrogen-bond donors (Lipinski definition) is 1. The Bertz CT molecular complexity index is 587. The number of ether oxygens (including phenoxy) is 1. The molecule has 0 aliphatic rings. The number of carboxylic acids is 1. The monoisotopic (exact) mass is 286 g/mol. The van der Waals surface area contributed by atoms with Crippen molar-refractivity contribution in [3.63, 3.8) is 0 Å². The predicted octanol–water partition coefficient (Wildman–Crippen LogP) is 1.85. The van der Waals surface area contributed by atoms with E-state index in [9.17, 15) is 13.2 Å². The number of rotatable bonds is 5. The first-order valence-corrected chi connectivity index (χ1v) is 7.58. The predicted molar refractivity (Wildman–Crippen MR) is 71.4 cm³/mol. The number of methoxy groups -OCH3 is 1. The van der Waals surface area contributed by atoms with E-state index in [-0.39, 0.29) is 17.1 Å². The zero-order valence-electron chi connectivity index (χ0n) is 11.4. The molecule has 0 spiro atoms. The van der Waals surface area contributed by atoms with Crippen LogP contribution in [0, 0.1) is 0 Å². The highest BCUT2D eigenvalue weighted by atomic mass is 32.2. The summed E-state index contributed by atoms with van der Waals surface area (Å²) in [5, 5.41) is 8.94. The minimum atomic E-state index is -3.43. The van der Waals surface area contributed by atoms with Crippen LogP contribution in [0.5, 0.6) is 5.75 Å². The Kier molecular flexibility index (Phi) is 4.25. The van der Waals surface area contributed by atoms with Gasteiger partial charge in [0.1, 0.15) is 10.6 Å². The van der Waals surface area contributed by atoms with Gasteiger partial charge in [0.05, 0.1) is 13.5 Å². The van der Waals surface area contributed by atoms with Crippen molar-refractivity contribution in [3.05, 3.63) is 23.8 Å². The molecule has 0 heterocycles. The molecule has 1 N–H and O–H groups in total. The van der Waals surface area contributed by atoms with Gasteiger partial charge in [0, 0.05) is 17.2 Å². The molecule has 0 aliphatic heterocycles. The van der Waals surface area contributed by atoms with Crippen molar-refractivity contribution in [3.8, 4) is 5.75 Å². The van der Waals surface area contributed by atoms with E-state index in [4.69, 9.17) is 9.84 Å². The molecule has 19 heavy (non-hydrogen) atoms. The van der Waals surface area contributed by atoms with E-state index in [1.807, 2.05) is 0 Å². The highest BCUT2D eigenvalue weighted by Crippen LogP contribution is 2.38. The Hall–Kier alpha value is -1.56. The fourth-order valence-electron chi connectivity index (χ4n) is 2.02. The average Bonchev–Trinajstić information content (AvgIpc) is 2.25. The third kappa shape index (κ3) is 3.47. The average molecular weight is 286 g/mol. The maximum Gasteiger partial charge on any atom is 0.304 e. The lowest BCUT2D eigenvalue weighted by atomic mass is 9.81. The summed E-state index contributed by atoms with van der Waals surface area (Å²) in [6.45, 7) is 3.48. The van der Waals surface area contributed by atoms with Crippen molar-refractivity contribution in [2.24, 2.45) is 0 Å². The number of benzene rings is 1. The fraction of sp³-hybridized carbons (Fsp3) is 0.462. The van der Waals surface area contributed by atoms with Crippen LogP contribution >= 0.6 is 0 Å². The SMILES string of the molecule is COc1c(C(C)(C)CC(=O)O)cccc1S(C)(=O)=O. The molecule has 1 rings (SSSR count). The molecule has 0 radical (unpaired) electrons. The van der Waals surface area contributed by atoms with E-state index in [1.54, 1.807) is 26.0 Å². The summed E-state index contributed by atoms with van der Waals surface area (Å²) in [5.41, 5.74) is -0.155. The van der Waals surface area contributed by atoms with Crippen molar-refractivity contribution in [1.82, 2.24) is 0 Å². The maximum absolute atomic E-state index is 11.7. The van der Waals surface area contributed by atoms with Gasteiger partial charge < -0.3 is 9.84 Å². The van der Waals surface area contributed by atoms with Crippen LogP contribution in [0.3, 0.4) is 0 Å². The lowest BCUT2D eigenvalue weighted by Crippen LogP contribution is -2.23. The summed E-state index contributed by atoms with van der Waals surface area (Å²) in [7, 11) is -2.05. The molecule has 6 heteroatoms. The van der Waals surface area contributed by atoms with Crippen LogP contribution in [-0.2, 0) is 20.0 Å². The van der Waals surface area contributed by atoms with Gasteiger partial charge in [-0.1, -0.05) is 26.0 Å². The number of sulfone groups is 1. The second kappa shape index (κ2) is 5.21. The molecule has 0 bridgehead atoms. The van der Waals surface area contributed by atoms with Crippen molar-refractivity contribution in [1.29, 1.82) is 0 Å². The first kappa shape index (κ1) is 15.5. The molecule has 5 nitrogen and oxygen atoms in total. The van der Waals surface area contributed by atoms with E-state index in [1.165, 1.54) is 13.2 Å². The molecule has 0 aliphatic carbocycles. The third-order valence-corrected chi connectivity index (χ3v) is 4.03. The molecule has 0 amide bonds. The summed E-state index contributed by atoms with van der Waals surface area (Å²) < 4.78 is 28.6. The summed E-state index contributed by atoms with van der Waals surface area (Å²) in [6, 6.07) is 4.74. The van der Waals surface area contributed by atoms with E-state index >= 15 is 0 Å². The van der Waals surface area contributed by atoms with Gasteiger partial charge >= 0.3 is 5.97 Å². The molecule has 1 aromatic carbocycles. The Morgan fingerprint density at radius 2 is 1.95 bits per heavy atom. The number of para-hydroxylation sites is 1. The normalized spacial score (nSPS) is 12.2. The zero-order valence-corrected chi connectivity index (χ0v) is 12.2. The molecule has 0 unspecified atom stereocenters. The van der Waals surface area contributed by atoms with Crippen LogP contribution < -0.4 is 4.74 Å². The molecule has 0 atom stereocenters. The van der Waals surface area contributed by atoms with Crippen LogP contribution in [0.1, 0.15) is 25.8 Å². The Morgan fingerprint density at radius 1 is 1.37 bits per heavy atom. The molecule has 0 fully saturated rings. The smallest absolute Gasteiger partial charge is 0.304 e. The van der Waals surface area contributed by atoms with Gasteiger partial charge in [-0.3, -0.25) is 4.79 Å². The van der Waals surface area contributed by atoms with Crippen LogP contribution in [0.15, 0.2) is 23.1 Å². The van der Waals surface area contributed by atoms with Crippen molar-refractivity contribution < 1.29 is 23.1 Å². The largest absolute Gasteiger partial charge is 0.495 e. The van der Waals surface area contributed by atoms with Crippen molar-refractivity contribution in [2.75, 3.05) is 13.4 Å². The molecular formula is C13H18O5S. The first-order chi connectivity index (χ1) is 8.59. The van der Waals surface area contributed by atoms with E-state index in [0.717, 1.165) is 6.26 Å². The standard InChI is InChI=1S/C13H18O5S/c1-13(2,8-11(14)15)9-6-5-7-10(12(9)18-3)19(4,16)17/h5-7H,8H2,1-4H3,(H,14,15). The molecule has 0 saturated carbocycles. The minimum absolute atomic E-state index is 0.0750. The quantitative estimate of drug-likeness (QED) is 0.893. The lowest BCUT2D eigenvalue weighted by Gasteiger charge is -2.26. The topological polar surface area (TPSA) is 80.7 Å². The van der Waals surface area contributed by atoms with Crippen molar-refractivity contribution in [2.45, 2.75) is 30.6 Å². The zero-order chi connectivity index (χ0) is 14.8. The second-order valence-corrected chi connectivity index (χ2v) is 7.05. The molecule has 0 saturated heterocycles. The van der Waals surface area contributed by atoms with E-state index in [0.29, 0.717) is 5.56 Å². The van der Waals surface area contributed by atoms with Crippen LogP contribution in [-0.4, -0.2) is 32.9 Å². The lowest BCUT2D eigenvalue weighted by molar-refractivity contribution is -0.138. The van der Waals surface area contributed by atoms with Gasteiger partial charge in [0.15, 0.2) is 9.84 Å². The summed E-state index contributed by atoms with van der Waals surface area (Å²) in [4.78, 5) is 11.0. The van der Waals surface area contributed by atoms with Crippen LogP contribution in [0.25, 0.3) is 0 Å². The molecule has 1 aromatic rings. The Morgan fingerprint density at radius 3 is 2.37 bits per heavy atom. The number of carboxylic acid groups (broad SMARTS) is 1.